The molecule has 30 heavy (non-hydrogen) atoms. The normalized spacial score (nSPS) is 19.1. The molecule has 0 rings (SSSR count). The van der Waals surface area contributed by atoms with Gasteiger partial charge in [-0.15, -0.1) is 0 Å². The highest BCUT2D eigenvalue weighted by Gasteiger charge is 2.59. The molecule has 0 radical (unpaired) electrons. The number of aliphatic hydroxyl groups is 3. The quantitative estimate of drug-likeness (QED) is 0.179. The van der Waals surface area contributed by atoms with Crippen molar-refractivity contribution in [3.05, 3.63) is 0 Å². The van der Waals surface area contributed by atoms with Crippen molar-refractivity contribution in [1.82, 2.24) is 0 Å². The fraction of sp³-hybridized carbons (Fsp3) is 1.00. The van der Waals surface area contributed by atoms with E-state index >= 15 is 0 Å². The number of aliphatic hydroxyl groups excluding tert-OH is 1. The Balaban J connectivity index is 6.13. The molecule has 0 spiro atoms. The Labute approximate surface area is 189 Å². The Morgan fingerprint density at radius 2 is 0.867 bits per heavy atom. The zero-order valence-electron chi connectivity index (χ0n) is 21.4. The predicted molar refractivity (Wildman–Crippen MR) is 131 cm³/mol. The van der Waals surface area contributed by atoms with Crippen molar-refractivity contribution in [2.75, 3.05) is 6.61 Å². The minimum atomic E-state index is -1.44. The van der Waals surface area contributed by atoms with Gasteiger partial charge in [0.05, 0.1) is 6.61 Å². The lowest BCUT2D eigenvalue weighted by Crippen LogP contribution is -2.67. The zero-order valence-corrected chi connectivity index (χ0v) is 21.4. The number of hydrogen-bond donors (Lipinski definition) is 3. The molecule has 0 saturated carbocycles. The average Bonchev–Trinajstić information content (AvgIpc) is 2.76. The molecule has 0 aromatic carbocycles. The van der Waals surface area contributed by atoms with Gasteiger partial charge in [0.15, 0.2) is 0 Å². The molecule has 3 nitrogen and oxygen atoms in total. The summed E-state index contributed by atoms with van der Waals surface area (Å²) in [6.07, 6.45) is 15.3. The van der Waals surface area contributed by atoms with Crippen LogP contribution in [0.3, 0.4) is 0 Å². The average molecular weight is 429 g/mol. The topological polar surface area (TPSA) is 60.7 Å². The third-order valence-electron chi connectivity index (χ3n) is 7.80. The molecule has 0 saturated heterocycles. The van der Waals surface area contributed by atoms with E-state index in [4.69, 9.17) is 0 Å². The van der Waals surface area contributed by atoms with Gasteiger partial charge in [0, 0.05) is 0 Å². The molecule has 3 heteroatoms. The SMILES string of the molecule is CCCCCC(CC)C(O)(CO)C(O)(C(CC)CCCCC)C(CC)CCCCC. The molecule has 0 aromatic heterocycles. The summed E-state index contributed by atoms with van der Waals surface area (Å²) in [6, 6.07) is 0. The first-order chi connectivity index (χ1) is 14.4. The van der Waals surface area contributed by atoms with E-state index in [0.29, 0.717) is 0 Å². The van der Waals surface area contributed by atoms with Crippen molar-refractivity contribution < 1.29 is 15.3 Å². The summed E-state index contributed by atoms with van der Waals surface area (Å²) >= 11 is 0. The lowest BCUT2D eigenvalue weighted by atomic mass is 9.57. The Kier molecular flexibility index (Phi) is 16.4. The zero-order chi connectivity index (χ0) is 23.0. The van der Waals surface area contributed by atoms with Crippen molar-refractivity contribution >= 4 is 0 Å². The van der Waals surface area contributed by atoms with Gasteiger partial charge in [-0.3, -0.25) is 0 Å². The molecule has 4 unspecified atom stereocenters. The molecule has 3 N–H and O–H groups in total. The third kappa shape index (κ3) is 7.78. The van der Waals surface area contributed by atoms with E-state index in [1.165, 1.54) is 0 Å². The third-order valence-corrected chi connectivity index (χ3v) is 7.80. The van der Waals surface area contributed by atoms with Gasteiger partial charge in [0.1, 0.15) is 11.2 Å². The van der Waals surface area contributed by atoms with E-state index in [1.54, 1.807) is 0 Å². The van der Waals surface area contributed by atoms with Gasteiger partial charge in [-0.05, 0) is 37.0 Å². The van der Waals surface area contributed by atoms with E-state index in [0.717, 1.165) is 96.3 Å². The summed E-state index contributed by atoms with van der Waals surface area (Å²) in [5.74, 6) is -0.0273. The van der Waals surface area contributed by atoms with Gasteiger partial charge in [-0.2, -0.15) is 0 Å². The molecule has 182 valence electrons. The van der Waals surface area contributed by atoms with Crippen LogP contribution in [-0.4, -0.2) is 33.1 Å². The summed E-state index contributed by atoms with van der Waals surface area (Å²) in [5, 5.41) is 35.2. The molecule has 0 heterocycles. The smallest absolute Gasteiger partial charge is 0.119 e. The maximum atomic E-state index is 12.5. The highest BCUT2D eigenvalue weighted by molar-refractivity contribution is 5.09. The van der Waals surface area contributed by atoms with Crippen LogP contribution in [0.25, 0.3) is 0 Å². The molecular formula is C27H56O3. The monoisotopic (exact) mass is 428 g/mol. The molecule has 0 amide bonds. The van der Waals surface area contributed by atoms with E-state index < -0.39 is 11.2 Å². The first kappa shape index (κ1) is 29.9. The van der Waals surface area contributed by atoms with Crippen molar-refractivity contribution in [1.29, 1.82) is 0 Å². The van der Waals surface area contributed by atoms with Crippen LogP contribution in [0.5, 0.6) is 0 Å². The second-order valence-corrected chi connectivity index (χ2v) is 9.71. The summed E-state index contributed by atoms with van der Waals surface area (Å²) < 4.78 is 0. The van der Waals surface area contributed by atoms with Crippen LogP contribution in [0.4, 0.5) is 0 Å². The predicted octanol–water partition coefficient (Wildman–Crippen LogP) is 7.26. The van der Waals surface area contributed by atoms with Crippen LogP contribution in [-0.2, 0) is 0 Å². The van der Waals surface area contributed by atoms with Gasteiger partial charge < -0.3 is 15.3 Å². The van der Waals surface area contributed by atoms with Crippen LogP contribution in [0.1, 0.15) is 138 Å². The molecule has 0 aromatic rings. The largest absolute Gasteiger partial charge is 0.393 e. The Bertz CT molecular complexity index is 380. The molecule has 0 aliphatic rings. The van der Waals surface area contributed by atoms with Crippen LogP contribution in [0.2, 0.25) is 0 Å². The molecule has 0 bridgehead atoms. The van der Waals surface area contributed by atoms with Gasteiger partial charge in [-0.25, -0.2) is 0 Å². The summed E-state index contributed by atoms with van der Waals surface area (Å²) in [7, 11) is 0. The lowest BCUT2D eigenvalue weighted by molar-refractivity contribution is -0.252. The second-order valence-electron chi connectivity index (χ2n) is 9.71. The van der Waals surface area contributed by atoms with Crippen molar-refractivity contribution in [3.8, 4) is 0 Å². The maximum absolute atomic E-state index is 12.5. The first-order valence-electron chi connectivity index (χ1n) is 13.4. The fourth-order valence-corrected chi connectivity index (χ4v) is 5.80. The number of rotatable bonds is 20. The Hall–Kier alpha value is -0.120. The van der Waals surface area contributed by atoms with Gasteiger partial charge in [-0.1, -0.05) is 119 Å². The van der Waals surface area contributed by atoms with E-state index in [9.17, 15) is 15.3 Å². The summed E-state index contributed by atoms with van der Waals surface area (Å²) in [4.78, 5) is 0. The van der Waals surface area contributed by atoms with Crippen molar-refractivity contribution in [2.24, 2.45) is 17.8 Å². The highest BCUT2D eigenvalue weighted by Crippen LogP contribution is 2.49. The van der Waals surface area contributed by atoms with Gasteiger partial charge in [0.2, 0.25) is 0 Å². The Morgan fingerprint density at radius 1 is 0.533 bits per heavy atom. The van der Waals surface area contributed by atoms with Gasteiger partial charge >= 0.3 is 0 Å². The van der Waals surface area contributed by atoms with E-state index in [-0.39, 0.29) is 24.4 Å². The van der Waals surface area contributed by atoms with Crippen LogP contribution in [0, 0.1) is 17.8 Å². The van der Waals surface area contributed by atoms with Crippen LogP contribution in [0.15, 0.2) is 0 Å². The maximum Gasteiger partial charge on any atom is 0.119 e. The standard InChI is InChI=1S/C27H56O3/c1-7-13-16-19-23(10-4)26(29,22-28)27(30,24(11-5)20-17-14-8-2)25(12-6)21-18-15-9-3/h23-25,28-30H,7-22H2,1-6H3. The number of hydrogen-bond acceptors (Lipinski definition) is 3. The van der Waals surface area contributed by atoms with Crippen LogP contribution < -0.4 is 0 Å². The minimum absolute atomic E-state index is 0.0213. The molecule has 0 aliphatic heterocycles. The van der Waals surface area contributed by atoms with Crippen molar-refractivity contribution in [2.45, 2.75) is 149 Å². The number of unbranched alkanes of at least 4 members (excludes halogenated alkanes) is 6. The van der Waals surface area contributed by atoms with Gasteiger partial charge in [0.25, 0.3) is 0 Å². The summed E-state index contributed by atoms with van der Waals surface area (Å²) in [5.41, 5.74) is -2.67. The minimum Gasteiger partial charge on any atom is -0.393 e. The van der Waals surface area contributed by atoms with Crippen molar-refractivity contribution in [3.63, 3.8) is 0 Å². The van der Waals surface area contributed by atoms with Crippen LogP contribution >= 0.6 is 0 Å². The Morgan fingerprint density at radius 3 is 1.13 bits per heavy atom. The molecule has 0 fully saturated rings. The van der Waals surface area contributed by atoms with E-state index in [1.807, 2.05) is 0 Å². The second kappa shape index (κ2) is 16.5. The molecular weight excluding hydrogens is 372 g/mol. The summed E-state index contributed by atoms with van der Waals surface area (Å²) in [6.45, 7) is 12.7. The fourth-order valence-electron chi connectivity index (χ4n) is 5.80. The first-order valence-corrected chi connectivity index (χ1v) is 13.4. The lowest BCUT2D eigenvalue weighted by Gasteiger charge is -2.55. The highest BCUT2D eigenvalue weighted by atomic mass is 16.4. The molecule has 4 atom stereocenters. The molecule has 0 aliphatic carbocycles. The van der Waals surface area contributed by atoms with E-state index in [2.05, 4.69) is 41.5 Å².